The van der Waals surface area contributed by atoms with Crippen LogP contribution in [0.15, 0.2) is 24.3 Å². The topological polar surface area (TPSA) is 63.3 Å². The van der Waals surface area contributed by atoms with Crippen LogP contribution in [0.25, 0.3) is 0 Å². The van der Waals surface area contributed by atoms with Crippen LogP contribution >= 0.6 is 11.6 Å². The van der Waals surface area contributed by atoms with Gasteiger partial charge in [0.1, 0.15) is 5.54 Å². The Morgan fingerprint density at radius 2 is 2.08 bits per heavy atom. The predicted molar refractivity (Wildman–Crippen MR) is 50.6 cm³/mol. The molecule has 0 aromatic heterocycles. The van der Waals surface area contributed by atoms with Gasteiger partial charge >= 0.3 is 5.97 Å². The summed E-state index contributed by atoms with van der Waals surface area (Å²) in [6.07, 6.45) is 0. The zero-order valence-electron chi connectivity index (χ0n) is 7.12. The van der Waals surface area contributed by atoms with E-state index in [4.69, 9.17) is 22.4 Å². The van der Waals surface area contributed by atoms with E-state index in [1.807, 2.05) is 0 Å². The molecule has 4 heteroatoms. The smallest absolute Gasteiger partial charge is 0.328 e. The van der Waals surface area contributed by atoms with Gasteiger partial charge in [-0.1, -0.05) is 29.8 Å². The maximum Gasteiger partial charge on any atom is 0.328 e. The molecule has 0 unspecified atom stereocenters. The highest BCUT2D eigenvalue weighted by molar-refractivity contribution is 6.31. The van der Waals surface area contributed by atoms with Crippen molar-refractivity contribution >= 4 is 17.6 Å². The molecule has 0 bridgehead atoms. The number of halogens is 1. The fourth-order valence-corrected chi connectivity index (χ4v) is 1.33. The molecule has 0 aliphatic heterocycles. The third kappa shape index (κ3) is 1.82. The molecular formula is C9H10ClNO2. The van der Waals surface area contributed by atoms with Gasteiger partial charge in [-0.05, 0) is 13.0 Å². The second kappa shape index (κ2) is 3.36. The van der Waals surface area contributed by atoms with E-state index < -0.39 is 11.5 Å². The van der Waals surface area contributed by atoms with Gasteiger partial charge in [-0.3, -0.25) is 0 Å². The molecule has 0 fully saturated rings. The summed E-state index contributed by atoms with van der Waals surface area (Å²) in [6, 6.07) is 6.65. The average molecular weight is 200 g/mol. The first-order chi connectivity index (χ1) is 5.96. The van der Waals surface area contributed by atoms with Gasteiger partial charge in [-0.15, -0.1) is 0 Å². The standard InChI is InChI=1S/C9H10ClNO2/c1-9(11,8(12)13)6-4-2-3-5-7(6)10/h2-5H,11H2,1H3,(H,12,13)/t9-/m0/s1. The molecule has 0 aliphatic rings. The van der Waals surface area contributed by atoms with Crippen molar-refractivity contribution in [2.24, 2.45) is 5.73 Å². The lowest BCUT2D eigenvalue weighted by Crippen LogP contribution is -2.41. The first-order valence-corrected chi connectivity index (χ1v) is 4.11. The summed E-state index contributed by atoms with van der Waals surface area (Å²) in [6.45, 7) is 1.41. The van der Waals surface area contributed by atoms with Crippen molar-refractivity contribution in [1.29, 1.82) is 0 Å². The summed E-state index contributed by atoms with van der Waals surface area (Å²) < 4.78 is 0. The number of hydrogen-bond donors (Lipinski definition) is 2. The summed E-state index contributed by atoms with van der Waals surface area (Å²) in [5, 5.41) is 9.21. The molecule has 3 nitrogen and oxygen atoms in total. The number of nitrogens with two attached hydrogens (primary N) is 1. The summed E-state index contributed by atoms with van der Waals surface area (Å²) in [5.74, 6) is -1.10. The van der Waals surface area contributed by atoms with Crippen LogP contribution in [0.4, 0.5) is 0 Å². The van der Waals surface area contributed by atoms with Gasteiger partial charge in [0.2, 0.25) is 0 Å². The predicted octanol–water partition coefficient (Wildman–Crippen LogP) is 1.60. The Bertz CT molecular complexity index is 336. The molecule has 1 aromatic carbocycles. The van der Waals surface area contributed by atoms with Gasteiger partial charge in [0, 0.05) is 10.6 Å². The third-order valence-electron chi connectivity index (χ3n) is 1.88. The zero-order valence-corrected chi connectivity index (χ0v) is 7.88. The van der Waals surface area contributed by atoms with E-state index in [1.54, 1.807) is 24.3 Å². The lowest BCUT2D eigenvalue weighted by atomic mass is 9.93. The Kier molecular flexibility index (Phi) is 2.59. The van der Waals surface area contributed by atoms with Crippen molar-refractivity contribution in [3.8, 4) is 0 Å². The van der Waals surface area contributed by atoms with Crippen molar-refractivity contribution in [1.82, 2.24) is 0 Å². The number of carboxylic acids is 1. The monoisotopic (exact) mass is 199 g/mol. The van der Waals surface area contributed by atoms with Gasteiger partial charge in [0.25, 0.3) is 0 Å². The van der Waals surface area contributed by atoms with Crippen LogP contribution in [-0.4, -0.2) is 11.1 Å². The molecule has 0 spiro atoms. The maximum atomic E-state index is 10.8. The first-order valence-electron chi connectivity index (χ1n) is 3.73. The summed E-state index contributed by atoms with van der Waals surface area (Å²) in [4.78, 5) is 10.8. The quantitative estimate of drug-likeness (QED) is 0.761. The van der Waals surface area contributed by atoms with Crippen molar-refractivity contribution in [2.75, 3.05) is 0 Å². The Morgan fingerprint density at radius 1 is 1.54 bits per heavy atom. The van der Waals surface area contributed by atoms with Gasteiger partial charge < -0.3 is 10.8 Å². The molecule has 13 heavy (non-hydrogen) atoms. The minimum Gasteiger partial charge on any atom is -0.480 e. The van der Waals surface area contributed by atoms with Crippen LogP contribution in [0.2, 0.25) is 5.02 Å². The highest BCUT2D eigenvalue weighted by Crippen LogP contribution is 2.25. The van der Waals surface area contributed by atoms with Gasteiger partial charge in [0.15, 0.2) is 0 Å². The van der Waals surface area contributed by atoms with E-state index in [2.05, 4.69) is 0 Å². The van der Waals surface area contributed by atoms with Crippen LogP contribution in [-0.2, 0) is 10.3 Å². The average Bonchev–Trinajstić information content (AvgIpc) is 2.04. The molecule has 0 heterocycles. The lowest BCUT2D eigenvalue weighted by molar-refractivity contribution is -0.143. The maximum absolute atomic E-state index is 10.8. The van der Waals surface area contributed by atoms with Gasteiger partial charge in [-0.2, -0.15) is 0 Å². The molecule has 1 atom stereocenters. The second-order valence-corrected chi connectivity index (χ2v) is 3.39. The van der Waals surface area contributed by atoms with E-state index in [-0.39, 0.29) is 0 Å². The zero-order chi connectivity index (χ0) is 10.1. The fourth-order valence-electron chi connectivity index (χ4n) is 0.998. The molecule has 0 amide bonds. The van der Waals surface area contributed by atoms with Crippen LogP contribution in [0.3, 0.4) is 0 Å². The molecule has 70 valence electrons. The second-order valence-electron chi connectivity index (χ2n) is 2.99. The normalized spacial score (nSPS) is 15.0. The van der Waals surface area contributed by atoms with Crippen LogP contribution in [0.1, 0.15) is 12.5 Å². The van der Waals surface area contributed by atoms with E-state index in [0.717, 1.165) is 0 Å². The summed E-state index contributed by atoms with van der Waals surface area (Å²) in [5.41, 5.74) is 4.59. The Balaban J connectivity index is 3.22. The van der Waals surface area contributed by atoms with Crippen LogP contribution in [0.5, 0.6) is 0 Å². The molecule has 0 radical (unpaired) electrons. The number of aliphatic carboxylic acids is 1. The SMILES string of the molecule is C[C@@](N)(C(=O)O)c1ccccc1Cl. The van der Waals surface area contributed by atoms with Crippen LogP contribution in [0, 0.1) is 0 Å². The minimum atomic E-state index is -1.43. The molecule has 0 saturated heterocycles. The van der Waals surface area contributed by atoms with Crippen molar-refractivity contribution in [3.63, 3.8) is 0 Å². The van der Waals surface area contributed by atoms with Crippen LogP contribution < -0.4 is 5.73 Å². The Labute approximate surface area is 81.1 Å². The third-order valence-corrected chi connectivity index (χ3v) is 2.21. The first kappa shape index (κ1) is 10.0. The molecule has 1 rings (SSSR count). The minimum absolute atomic E-state index is 0.370. The van der Waals surface area contributed by atoms with Gasteiger partial charge in [-0.25, -0.2) is 4.79 Å². The number of carbonyl (C=O) groups is 1. The van der Waals surface area contributed by atoms with Crippen molar-refractivity contribution in [2.45, 2.75) is 12.5 Å². The van der Waals surface area contributed by atoms with E-state index in [0.29, 0.717) is 10.6 Å². The number of benzene rings is 1. The van der Waals surface area contributed by atoms with Crippen molar-refractivity contribution in [3.05, 3.63) is 34.9 Å². The largest absolute Gasteiger partial charge is 0.480 e. The number of carboxylic acid groups (broad SMARTS) is 1. The van der Waals surface area contributed by atoms with E-state index in [9.17, 15) is 4.79 Å². The molecule has 0 saturated carbocycles. The van der Waals surface area contributed by atoms with Crippen molar-refractivity contribution < 1.29 is 9.90 Å². The Morgan fingerprint density at radius 3 is 2.54 bits per heavy atom. The van der Waals surface area contributed by atoms with Gasteiger partial charge in [0.05, 0.1) is 0 Å². The molecular weight excluding hydrogens is 190 g/mol. The Hall–Kier alpha value is -1.06. The van der Waals surface area contributed by atoms with E-state index >= 15 is 0 Å². The lowest BCUT2D eigenvalue weighted by Gasteiger charge is -2.20. The highest BCUT2D eigenvalue weighted by Gasteiger charge is 2.31. The molecule has 1 aromatic rings. The molecule has 3 N–H and O–H groups in total. The van der Waals surface area contributed by atoms with E-state index in [1.165, 1.54) is 6.92 Å². The number of rotatable bonds is 2. The molecule has 0 aliphatic carbocycles. The highest BCUT2D eigenvalue weighted by atomic mass is 35.5. The summed E-state index contributed by atoms with van der Waals surface area (Å²) in [7, 11) is 0. The fraction of sp³-hybridized carbons (Fsp3) is 0.222. The summed E-state index contributed by atoms with van der Waals surface area (Å²) >= 11 is 5.81. The number of hydrogen-bond acceptors (Lipinski definition) is 2.